The maximum absolute atomic E-state index is 12.0. The van der Waals surface area contributed by atoms with E-state index < -0.39 is 0 Å². The number of rotatable bonds is 5. The van der Waals surface area contributed by atoms with E-state index in [2.05, 4.69) is 10.3 Å². The van der Waals surface area contributed by atoms with E-state index in [1.165, 1.54) is 6.20 Å². The van der Waals surface area contributed by atoms with Crippen molar-refractivity contribution in [1.82, 2.24) is 4.98 Å². The summed E-state index contributed by atoms with van der Waals surface area (Å²) < 4.78 is 5.08. The lowest BCUT2D eigenvalue weighted by atomic mass is 10.1. The fourth-order valence-electron chi connectivity index (χ4n) is 1.69. The smallest absolute Gasteiger partial charge is 0.340 e. The van der Waals surface area contributed by atoms with Crippen molar-refractivity contribution < 1.29 is 9.53 Å². The Morgan fingerprint density at radius 2 is 2.05 bits per heavy atom. The molecule has 0 atom stereocenters. The number of hydrogen-bond acceptors (Lipinski definition) is 4. The molecule has 1 N–H and O–H groups in total. The summed E-state index contributed by atoms with van der Waals surface area (Å²) in [6, 6.07) is 12.8. The third kappa shape index (κ3) is 4.33. The highest BCUT2D eigenvalue weighted by Gasteiger charge is 2.12. The maximum Gasteiger partial charge on any atom is 0.340 e. The molecule has 0 fully saturated rings. The van der Waals surface area contributed by atoms with Gasteiger partial charge < -0.3 is 10.1 Å². The molecular weight excluding hydrogens is 288 g/mol. The lowest BCUT2D eigenvalue weighted by molar-refractivity contribution is -0.136. The molecule has 0 aliphatic heterocycles. The molecule has 0 amide bonds. The zero-order valence-electron chi connectivity index (χ0n) is 11.5. The minimum atomic E-state index is -0.384. The van der Waals surface area contributed by atoms with E-state index in [4.69, 9.17) is 16.3 Å². The Morgan fingerprint density at radius 3 is 2.67 bits per heavy atom. The molecule has 0 saturated carbocycles. The number of aromatic nitrogens is 1. The first-order valence-electron chi connectivity index (χ1n) is 6.51. The summed E-state index contributed by atoms with van der Waals surface area (Å²) in [5.74, 6) is 0.210. The predicted octanol–water partition coefficient (Wildman–Crippen LogP) is 3.75. The lowest BCUT2D eigenvalue weighted by Crippen LogP contribution is -2.08. The van der Waals surface area contributed by atoms with Gasteiger partial charge in [-0.3, -0.25) is 0 Å². The number of pyridine rings is 1. The molecule has 4 nitrogen and oxygen atoms in total. The molecule has 1 aromatic carbocycles. The number of carbonyl (C=O) groups excluding carboxylic acids is 1. The molecule has 2 aromatic rings. The molecule has 1 heterocycles. The molecular formula is C16H15ClN2O2. The average Bonchev–Trinajstić information content (AvgIpc) is 2.51. The summed E-state index contributed by atoms with van der Waals surface area (Å²) >= 11 is 5.78. The summed E-state index contributed by atoms with van der Waals surface area (Å²) in [7, 11) is 0. The van der Waals surface area contributed by atoms with Crippen LogP contribution in [0, 0.1) is 0 Å². The first-order valence-corrected chi connectivity index (χ1v) is 6.89. The van der Waals surface area contributed by atoms with Crippen LogP contribution in [0.5, 0.6) is 0 Å². The van der Waals surface area contributed by atoms with Crippen LogP contribution in [-0.4, -0.2) is 17.6 Å². The molecule has 0 radical (unpaired) electrons. The molecule has 0 unspecified atom stereocenters. The van der Waals surface area contributed by atoms with Gasteiger partial charge in [-0.25, -0.2) is 9.78 Å². The Hall–Kier alpha value is -2.33. The van der Waals surface area contributed by atoms with E-state index in [1.54, 1.807) is 25.3 Å². The molecule has 1 aromatic heterocycles. The Morgan fingerprint density at radius 1 is 1.29 bits per heavy atom. The Balaban J connectivity index is 2.24. The third-order valence-electron chi connectivity index (χ3n) is 2.67. The number of anilines is 1. The summed E-state index contributed by atoms with van der Waals surface area (Å²) in [4.78, 5) is 16.2. The Kier molecular flexibility index (Phi) is 5.35. The van der Waals surface area contributed by atoms with Crippen molar-refractivity contribution in [2.75, 3.05) is 11.9 Å². The van der Waals surface area contributed by atoms with Crippen molar-refractivity contribution in [3.63, 3.8) is 0 Å². The molecule has 0 spiro atoms. The second-order valence-electron chi connectivity index (χ2n) is 4.15. The predicted molar refractivity (Wildman–Crippen MR) is 83.9 cm³/mol. The van der Waals surface area contributed by atoms with Crippen LogP contribution in [0.25, 0.3) is 5.57 Å². The molecule has 5 heteroatoms. The number of nitrogens with zero attached hydrogens (tertiary/aromatic N) is 1. The number of esters is 1. The molecule has 108 valence electrons. The van der Waals surface area contributed by atoms with Crippen LogP contribution in [-0.2, 0) is 9.53 Å². The molecule has 2 rings (SSSR count). The largest absolute Gasteiger partial charge is 0.462 e. The van der Waals surface area contributed by atoms with Crippen molar-refractivity contribution in [2.45, 2.75) is 6.92 Å². The van der Waals surface area contributed by atoms with Gasteiger partial charge in [0.25, 0.3) is 0 Å². The topological polar surface area (TPSA) is 51.2 Å². The van der Waals surface area contributed by atoms with E-state index in [0.29, 0.717) is 23.0 Å². The van der Waals surface area contributed by atoms with Crippen molar-refractivity contribution in [1.29, 1.82) is 0 Å². The van der Waals surface area contributed by atoms with Crippen LogP contribution in [0.2, 0.25) is 5.02 Å². The molecule has 0 saturated heterocycles. The van der Waals surface area contributed by atoms with E-state index in [9.17, 15) is 4.79 Å². The van der Waals surface area contributed by atoms with Crippen molar-refractivity contribution in [3.8, 4) is 0 Å². The van der Waals surface area contributed by atoms with Gasteiger partial charge in [-0.2, -0.15) is 0 Å². The zero-order chi connectivity index (χ0) is 15.1. The number of benzene rings is 1. The minimum Gasteiger partial charge on any atom is -0.462 e. The number of hydrogen-bond donors (Lipinski definition) is 1. The van der Waals surface area contributed by atoms with E-state index >= 15 is 0 Å². The highest BCUT2D eigenvalue weighted by Crippen LogP contribution is 2.17. The van der Waals surface area contributed by atoms with Crippen LogP contribution in [0.4, 0.5) is 5.82 Å². The maximum atomic E-state index is 12.0. The number of ether oxygens (including phenoxy) is 1. The monoisotopic (exact) mass is 302 g/mol. The Labute approximate surface area is 128 Å². The highest BCUT2D eigenvalue weighted by atomic mass is 35.5. The molecule has 0 aliphatic rings. The SMILES string of the molecule is CCOC(=O)C(=CNc1ccc(Cl)cn1)c1ccccc1. The standard InChI is InChI=1S/C16H15ClN2O2/c1-2-21-16(20)14(12-6-4-3-5-7-12)11-19-15-9-8-13(17)10-18-15/h3-11H,2H2,1H3,(H,18,19). The van der Waals surface area contributed by atoms with Gasteiger partial charge in [0.05, 0.1) is 17.2 Å². The first kappa shape index (κ1) is 15.1. The van der Waals surface area contributed by atoms with Crippen molar-refractivity contribution >= 4 is 29.0 Å². The summed E-state index contributed by atoms with van der Waals surface area (Å²) in [6.45, 7) is 2.09. The van der Waals surface area contributed by atoms with E-state index in [0.717, 1.165) is 5.56 Å². The lowest BCUT2D eigenvalue weighted by Gasteiger charge is -2.08. The van der Waals surface area contributed by atoms with Gasteiger partial charge in [0.1, 0.15) is 5.82 Å². The van der Waals surface area contributed by atoms with Crippen LogP contribution in [0.15, 0.2) is 54.9 Å². The van der Waals surface area contributed by atoms with E-state index in [1.807, 2.05) is 30.3 Å². The van der Waals surface area contributed by atoms with Crippen molar-refractivity contribution in [2.24, 2.45) is 0 Å². The third-order valence-corrected chi connectivity index (χ3v) is 2.90. The first-order chi connectivity index (χ1) is 10.2. The zero-order valence-corrected chi connectivity index (χ0v) is 12.3. The van der Waals surface area contributed by atoms with E-state index in [-0.39, 0.29) is 5.97 Å². The average molecular weight is 303 g/mol. The quantitative estimate of drug-likeness (QED) is 0.675. The second-order valence-corrected chi connectivity index (χ2v) is 4.59. The molecule has 21 heavy (non-hydrogen) atoms. The summed E-state index contributed by atoms with van der Waals surface area (Å²) in [5.41, 5.74) is 1.21. The van der Waals surface area contributed by atoms with Gasteiger partial charge in [-0.15, -0.1) is 0 Å². The van der Waals surface area contributed by atoms with Gasteiger partial charge in [0.15, 0.2) is 0 Å². The molecule has 0 bridgehead atoms. The minimum absolute atomic E-state index is 0.322. The number of nitrogens with one attached hydrogen (secondary N) is 1. The van der Waals surface area contributed by atoms with Gasteiger partial charge in [0.2, 0.25) is 0 Å². The van der Waals surface area contributed by atoms with Crippen LogP contribution in [0.1, 0.15) is 12.5 Å². The fraction of sp³-hybridized carbons (Fsp3) is 0.125. The van der Waals surface area contributed by atoms with Gasteiger partial charge in [-0.1, -0.05) is 41.9 Å². The van der Waals surface area contributed by atoms with Gasteiger partial charge in [-0.05, 0) is 24.6 Å². The summed E-state index contributed by atoms with van der Waals surface area (Å²) in [6.07, 6.45) is 3.12. The van der Waals surface area contributed by atoms with Crippen LogP contribution in [0.3, 0.4) is 0 Å². The Bertz CT molecular complexity index is 624. The normalized spacial score (nSPS) is 11.0. The van der Waals surface area contributed by atoms with Gasteiger partial charge in [0, 0.05) is 12.4 Å². The van der Waals surface area contributed by atoms with Crippen LogP contribution >= 0.6 is 11.6 Å². The number of halogens is 1. The second kappa shape index (κ2) is 7.45. The highest BCUT2D eigenvalue weighted by molar-refractivity contribution is 6.30. The van der Waals surface area contributed by atoms with Gasteiger partial charge >= 0.3 is 5.97 Å². The summed E-state index contributed by atoms with van der Waals surface area (Å²) in [5, 5.41) is 3.53. The van der Waals surface area contributed by atoms with Crippen molar-refractivity contribution in [3.05, 3.63) is 65.4 Å². The number of carbonyl (C=O) groups is 1. The molecule has 0 aliphatic carbocycles. The van der Waals surface area contributed by atoms with Crippen LogP contribution < -0.4 is 5.32 Å². The fourth-order valence-corrected chi connectivity index (χ4v) is 1.81.